The molecule has 1 rings (SSSR count). The molecule has 1 aromatic rings. The number of benzene rings is 1. The minimum absolute atomic E-state index is 0.148. The molecule has 2 heteroatoms. The number of hydrogen-bond acceptors (Lipinski definition) is 1. The van der Waals surface area contributed by atoms with E-state index in [0.29, 0.717) is 6.42 Å². The molecule has 88 valence electrons. The van der Waals surface area contributed by atoms with E-state index in [4.69, 9.17) is 0 Å². The lowest BCUT2D eigenvalue weighted by atomic mass is 10.0. The maximum absolute atomic E-state index is 11.0. The minimum atomic E-state index is 0.148. The zero-order valence-corrected chi connectivity index (χ0v) is 10.3. The summed E-state index contributed by atoms with van der Waals surface area (Å²) in [5.41, 5.74) is 2.70. The molecule has 0 aliphatic heterocycles. The Labute approximate surface area is 98.1 Å². The topological polar surface area (TPSA) is 29.1 Å². The average molecular weight is 219 g/mol. The van der Waals surface area contributed by atoms with Crippen LogP contribution in [0.15, 0.2) is 24.3 Å². The SMILES string of the molecule is CNC(=O)CCCCCc1ccc(C)cc1. The Kier molecular flexibility index (Phi) is 5.62. The molecule has 0 aliphatic rings. The molecule has 2 nitrogen and oxygen atoms in total. The van der Waals surface area contributed by atoms with Crippen LogP contribution in [0.5, 0.6) is 0 Å². The largest absolute Gasteiger partial charge is 0.359 e. The van der Waals surface area contributed by atoms with Crippen LogP contribution in [0.25, 0.3) is 0 Å². The predicted molar refractivity (Wildman–Crippen MR) is 67.4 cm³/mol. The van der Waals surface area contributed by atoms with Gasteiger partial charge in [0.2, 0.25) is 5.91 Å². The quantitative estimate of drug-likeness (QED) is 0.732. The first-order valence-electron chi connectivity index (χ1n) is 5.98. The normalized spacial score (nSPS) is 10.1. The summed E-state index contributed by atoms with van der Waals surface area (Å²) in [6.45, 7) is 2.10. The first-order valence-corrected chi connectivity index (χ1v) is 5.98. The molecule has 0 bridgehead atoms. The third kappa shape index (κ3) is 4.96. The van der Waals surface area contributed by atoms with Crippen molar-refractivity contribution in [3.8, 4) is 0 Å². The van der Waals surface area contributed by atoms with E-state index >= 15 is 0 Å². The molecule has 0 heterocycles. The molecule has 0 saturated carbocycles. The maximum atomic E-state index is 11.0. The van der Waals surface area contributed by atoms with Crippen LogP contribution in [-0.2, 0) is 11.2 Å². The van der Waals surface area contributed by atoms with Gasteiger partial charge in [-0.1, -0.05) is 36.2 Å². The van der Waals surface area contributed by atoms with E-state index in [-0.39, 0.29) is 5.91 Å². The fourth-order valence-corrected chi connectivity index (χ4v) is 1.67. The van der Waals surface area contributed by atoms with Crippen molar-refractivity contribution >= 4 is 5.91 Å². The third-order valence-electron chi connectivity index (χ3n) is 2.77. The molecule has 1 aromatic carbocycles. The highest BCUT2D eigenvalue weighted by Crippen LogP contribution is 2.09. The second kappa shape index (κ2) is 7.04. The van der Waals surface area contributed by atoms with E-state index in [9.17, 15) is 4.79 Å². The molecule has 0 aromatic heterocycles. The lowest BCUT2D eigenvalue weighted by Crippen LogP contribution is -2.16. The lowest BCUT2D eigenvalue weighted by molar-refractivity contribution is -0.120. The Hall–Kier alpha value is -1.31. The zero-order chi connectivity index (χ0) is 11.8. The number of rotatable bonds is 6. The summed E-state index contributed by atoms with van der Waals surface area (Å²) in [4.78, 5) is 11.0. The molecule has 0 unspecified atom stereocenters. The van der Waals surface area contributed by atoms with Gasteiger partial charge in [-0.15, -0.1) is 0 Å². The van der Waals surface area contributed by atoms with Crippen molar-refractivity contribution in [3.05, 3.63) is 35.4 Å². The molecule has 0 atom stereocenters. The monoisotopic (exact) mass is 219 g/mol. The Morgan fingerprint density at radius 1 is 1.12 bits per heavy atom. The summed E-state index contributed by atoms with van der Waals surface area (Å²) in [7, 11) is 1.69. The van der Waals surface area contributed by atoms with E-state index in [1.54, 1.807) is 7.05 Å². The van der Waals surface area contributed by atoms with Crippen LogP contribution in [0.1, 0.15) is 36.8 Å². The van der Waals surface area contributed by atoms with E-state index < -0.39 is 0 Å². The van der Waals surface area contributed by atoms with E-state index in [0.717, 1.165) is 19.3 Å². The van der Waals surface area contributed by atoms with Gasteiger partial charge in [-0.25, -0.2) is 0 Å². The predicted octanol–water partition coefficient (Wildman–Crippen LogP) is 2.84. The molecule has 0 fully saturated rings. The molecule has 16 heavy (non-hydrogen) atoms. The number of nitrogens with one attached hydrogen (secondary N) is 1. The Balaban J connectivity index is 2.11. The van der Waals surface area contributed by atoms with Crippen LogP contribution in [0, 0.1) is 6.92 Å². The fraction of sp³-hybridized carbons (Fsp3) is 0.500. The molecule has 0 saturated heterocycles. The summed E-state index contributed by atoms with van der Waals surface area (Å²) >= 11 is 0. The van der Waals surface area contributed by atoms with Crippen molar-refractivity contribution in [1.82, 2.24) is 5.32 Å². The van der Waals surface area contributed by atoms with Crippen molar-refractivity contribution < 1.29 is 4.79 Å². The second-order valence-electron chi connectivity index (χ2n) is 4.22. The molecular formula is C14H21NO. The second-order valence-corrected chi connectivity index (χ2v) is 4.22. The number of unbranched alkanes of at least 4 members (excludes halogenated alkanes) is 2. The number of amides is 1. The van der Waals surface area contributed by atoms with E-state index in [2.05, 4.69) is 36.5 Å². The molecule has 0 spiro atoms. The summed E-state index contributed by atoms with van der Waals surface area (Å²) in [5, 5.41) is 2.64. The first kappa shape index (κ1) is 12.8. The highest BCUT2D eigenvalue weighted by atomic mass is 16.1. The van der Waals surface area contributed by atoms with Crippen LogP contribution in [0.3, 0.4) is 0 Å². The zero-order valence-electron chi connectivity index (χ0n) is 10.3. The highest BCUT2D eigenvalue weighted by Gasteiger charge is 1.98. The van der Waals surface area contributed by atoms with Crippen LogP contribution in [0.4, 0.5) is 0 Å². The van der Waals surface area contributed by atoms with Crippen LogP contribution >= 0.6 is 0 Å². The van der Waals surface area contributed by atoms with Crippen LogP contribution in [-0.4, -0.2) is 13.0 Å². The Morgan fingerprint density at radius 2 is 1.81 bits per heavy atom. The molecule has 0 radical (unpaired) electrons. The van der Waals surface area contributed by atoms with Gasteiger partial charge in [0.25, 0.3) is 0 Å². The van der Waals surface area contributed by atoms with Gasteiger partial charge in [0.15, 0.2) is 0 Å². The first-order chi connectivity index (χ1) is 7.72. The summed E-state index contributed by atoms with van der Waals surface area (Å²) in [6.07, 6.45) is 5.06. The number of carbonyl (C=O) groups excluding carboxylic acids is 1. The Bertz CT molecular complexity index is 316. The fourth-order valence-electron chi connectivity index (χ4n) is 1.67. The number of aryl methyl sites for hydroxylation is 2. The van der Waals surface area contributed by atoms with E-state index in [1.165, 1.54) is 17.5 Å². The molecular weight excluding hydrogens is 198 g/mol. The Morgan fingerprint density at radius 3 is 2.44 bits per heavy atom. The lowest BCUT2D eigenvalue weighted by Gasteiger charge is -2.02. The van der Waals surface area contributed by atoms with Crippen molar-refractivity contribution in [2.75, 3.05) is 7.05 Å². The minimum Gasteiger partial charge on any atom is -0.359 e. The van der Waals surface area contributed by atoms with Gasteiger partial charge < -0.3 is 5.32 Å². The van der Waals surface area contributed by atoms with E-state index in [1.807, 2.05) is 0 Å². The van der Waals surface area contributed by atoms with Gasteiger partial charge in [-0.05, 0) is 31.7 Å². The van der Waals surface area contributed by atoms with Gasteiger partial charge >= 0.3 is 0 Å². The van der Waals surface area contributed by atoms with Crippen LogP contribution < -0.4 is 5.32 Å². The van der Waals surface area contributed by atoms with Crippen LogP contribution in [0.2, 0.25) is 0 Å². The van der Waals surface area contributed by atoms with Gasteiger partial charge in [0.05, 0.1) is 0 Å². The van der Waals surface area contributed by atoms with Gasteiger partial charge in [-0.2, -0.15) is 0 Å². The summed E-state index contributed by atoms with van der Waals surface area (Å²) in [5.74, 6) is 0.148. The van der Waals surface area contributed by atoms with Crippen molar-refractivity contribution in [2.45, 2.75) is 39.0 Å². The molecule has 1 amide bonds. The summed E-state index contributed by atoms with van der Waals surface area (Å²) in [6, 6.07) is 8.68. The summed E-state index contributed by atoms with van der Waals surface area (Å²) < 4.78 is 0. The smallest absolute Gasteiger partial charge is 0.219 e. The van der Waals surface area contributed by atoms with Gasteiger partial charge in [0, 0.05) is 13.5 Å². The van der Waals surface area contributed by atoms with Crippen molar-refractivity contribution in [1.29, 1.82) is 0 Å². The number of carbonyl (C=O) groups is 1. The third-order valence-corrected chi connectivity index (χ3v) is 2.77. The average Bonchev–Trinajstić information content (AvgIpc) is 2.31. The highest BCUT2D eigenvalue weighted by molar-refractivity contribution is 5.75. The standard InChI is InChI=1S/C14H21NO/c1-12-8-10-13(11-9-12)6-4-3-5-7-14(16)15-2/h8-11H,3-7H2,1-2H3,(H,15,16). The van der Waals surface area contributed by atoms with Crippen molar-refractivity contribution in [3.63, 3.8) is 0 Å². The molecule has 0 aliphatic carbocycles. The van der Waals surface area contributed by atoms with Gasteiger partial charge in [0.1, 0.15) is 0 Å². The number of hydrogen-bond donors (Lipinski definition) is 1. The van der Waals surface area contributed by atoms with Crippen molar-refractivity contribution in [2.24, 2.45) is 0 Å². The molecule has 1 N–H and O–H groups in total. The maximum Gasteiger partial charge on any atom is 0.219 e. The van der Waals surface area contributed by atoms with Gasteiger partial charge in [-0.3, -0.25) is 4.79 Å².